The van der Waals surface area contributed by atoms with Crippen molar-refractivity contribution in [1.82, 2.24) is 4.90 Å². The molecule has 1 heterocycles. The van der Waals surface area contributed by atoms with Gasteiger partial charge in [-0.05, 0) is 25.0 Å². The fraction of sp³-hybridized carbons (Fsp3) is 0.385. The number of benzene rings is 1. The standard InChI is InChI=1S/C13H18N4O.HI/c14-13(16-11-6-2-1-3-7-11)15-10-12(18)17-8-4-5-9-17;/h1-3,6-7H,4-5,8-10H2,(H3,14,15,16);1H. The first kappa shape index (κ1) is 15.7. The minimum Gasteiger partial charge on any atom is -0.370 e. The molecule has 6 heteroatoms. The smallest absolute Gasteiger partial charge is 0.244 e. The maximum atomic E-state index is 11.7. The predicted molar refractivity (Wildman–Crippen MR) is 87.8 cm³/mol. The van der Waals surface area contributed by atoms with Crippen LogP contribution < -0.4 is 11.1 Å². The molecule has 0 unspecified atom stereocenters. The van der Waals surface area contributed by atoms with E-state index in [1.165, 1.54) is 0 Å². The molecule has 1 saturated heterocycles. The number of carbonyl (C=O) groups is 1. The van der Waals surface area contributed by atoms with E-state index >= 15 is 0 Å². The molecule has 1 aromatic rings. The van der Waals surface area contributed by atoms with Gasteiger partial charge in [0.15, 0.2) is 5.96 Å². The minimum atomic E-state index is 0. The Morgan fingerprint density at radius 3 is 2.53 bits per heavy atom. The van der Waals surface area contributed by atoms with Crippen molar-refractivity contribution in [3.05, 3.63) is 30.3 Å². The van der Waals surface area contributed by atoms with Crippen LogP contribution in [0.25, 0.3) is 0 Å². The van der Waals surface area contributed by atoms with Crippen molar-refractivity contribution in [3.63, 3.8) is 0 Å². The topological polar surface area (TPSA) is 70.7 Å². The second kappa shape index (κ2) is 7.98. The van der Waals surface area contributed by atoms with Crippen LogP contribution in [-0.4, -0.2) is 36.4 Å². The molecule has 1 aromatic carbocycles. The summed E-state index contributed by atoms with van der Waals surface area (Å²) in [7, 11) is 0. The molecule has 1 fully saturated rings. The Labute approximate surface area is 130 Å². The number of likely N-dealkylation sites (tertiary alicyclic amines) is 1. The number of para-hydroxylation sites is 1. The third kappa shape index (κ3) is 5.06. The van der Waals surface area contributed by atoms with E-state index in [4.69, 9.17) is 5.73 Å². The van der Waals surface area contributed by atoms with E-state index in [0.29, 0.717) is 0 Å². The van der Waals surface area contributed by atoms with Crippen molar-refractivity contribution < 1.29 is 4.79 Å². The number of hydrogen-bond acceptors (Lipinski definition) is 2. The van der Waals surface area contributed by atoms with Crippen LogP contribution in [0.3, 0.4) is 0 Å². The number of nitrogens with one attached hydrogen (secondary N) is 1. The first-order valence-electron chi connectivity index (χ1n) is 6.15. The third-order valence-electron chi connectivity index (χ3n) is 2.89. The maximum absolute atomic E-state index is 11.7. The van der Waals surface area contributed by atoms with Crippen LogP contribution in [0.4, 0.5) is 5.69 Å². The second-order valence-electron chi connectivity index (χ2n) is 4.28. The van der Waals surface area contributed by atoms with Crippen molar-refractivity contribution in [2.75, 3.05) is 25.0 Å². The molecule has 19 heavy (non-hydrogen) atoms. The van der Waals surface area contributed by atoms with Gasteiger partial charge in [0.2, 0.25) is 5.91 Å². The number of nitrogens with two attached hydrogens (primary N) is 1. The molecule has 2 rings (SSSR count). The van der Waals surface area contributed by atoms with Gasteiger partial charge in [0, 0.05) is 18.8 Å². The maximum Gasteiger partial charge on any atom is 0.244 e. The summed E-state index contributed by atoms with van der Waals surface area (Å²) in [4.78, 5) is 17.6. The molecule has 0 aliphatic carbocycles. The molecular formula is C13H19IN4O. The summed E-state index contributed by atoms with van der Waals surface area (Å²) in [5.41, 5.74) is 6.59. The highest BCUT2D eigenvalue weighted by Gasteiger charge is 2.16. The zero-order chi connectivity index (χ0) is 12.8. The SMILES string of the molecule is I.NC(=NCC(=O)N1CCCC1)Nc1ccccc1. The van der Waals surface area contributed by atoms with E-state index in [-0.39, 0.29) is 42.4 Å². The molecule has 0 radical (unpaired) electrons. The lowest BCUT2D eigenvalue weighted by Gasteiger charge is -2.13. The normalized spacial score (nSPS) is 14.9. The Hall–Kier alpha value is -1.31. The van der Waals surface area contributed by atoms with Gasteiger partial charge in [0.25, 0.3) is 0 Å². The fourth-order valence-electron chi connectivity index (χ4n) is 1.93. The van der Waals surface area contributed by atoms with Gasteiger partial charge in [-0.25, -0.2) is 4.99 Å². The molecule has 5 nitrogen and oxygen atoms in total. The molecule has 0 saturated carbocycles. The van der Waals surface area contributed by atoms with Crippen molar-refractivity contribution in [1.29, 1.82) is 0 Å². The Bertz CT molecular complexity index is 430. The van der Waals surface area contributed by atoms with Crippen LogP contribution in [0.2, 0.25) is 0 Å². The first-order chi connectivity index (χ1) is 8.75. The van der Waals surface area contributed by atoms with Gasteiger partial charge < -0.3 is 16.0 Å². The van der Waals surface area contributed by atoms with E-state index in [1.807, 2.05) is 35.2 Å². The zero-order valence-electron chi connectivity index (χ0n) is 10.7. The summed E-state index contributed by atoms with van der Waals surface area (Å²) < 4.78 is 0. The third-order valence-corrected chi connectivity index (χ3v) is 2.89. The summed E-state index contributed by atoms with van der Waals surface area (Å²) in [6.45, 7) is 1.81. The largest absolute Gasteiger partial charge is 0.370 e. The molecule has 1 amide bonds. The lowest BCUT2D eigenvalue weighted by molar-refractivity contribution is -0.128. The Morgan fingerprint density at radius 2 is 1.89 bits per heavy atom. The van der Waals surface area contributed by atoms with Gasteiger partial charge in [0.1, 0.15) is 6.54 Å². The molecule has 1 aliphatic heterocycles. The molecule has 0 bridgehead atoms. The number of carbonyl (C=O) groups excluding carboxylic acids is 1. The number of halogens is 1. The molecule has 0 atom stereocenters. The van der Waals surface area contributed by atoms with E-state index in [0.717, 1.165) is 31.6 Å². The number of amides is 1. The number of rotatable bonds is 3. The molecule has 0 spiro atoms. The van der Waals surface area contributed by atoms with Gasteiger partial charge in [-0.3, -0.25) is 4.79 Å². The molecule has 0 aromatic heterocycles. The van der Waals surface area contributed by atoms with Crippen LogP contribution in [0, 0.1) is 0 Å². The van der Waals surface area contributed by atoms with E-state index < -0.39 is 0 Å². The summed E-state index contributed by atoms with van der Waals surface area (Å²) in [5.74, 6) is 0.319. The van der Waals surface area contributed by atoms with Crippen molar-refractivity contribution >= 4 is 41.5 Å². The second-order valence-corrected chi connectivity index (χ2v) is 4.28. The molecule has 104 valence electrons. The summed E-state index contributed by atoms with van der Waals surface area (Å²) in [6.07, 6.45) is 2.18. The Balaban J connectivity index is 0.00000180. The molecular weight excluding hydrogens is 355 g/mol. The highest BCUT2D eigenvalue weighted by atomic mass is 127. The van der Waals surface area contributed by atoms with Gasteiger partial charge >= 0.3 is 0 Å². The lowest BCUT2D eigenvalue weighted by atomic mass is 10.3. The number of hydrogen-bond donors (Lipinski definition) is 2. The average molecular weight is 374 g/mol. The quantitative estimate of drug-likeness (QED) is 0.480. The van der Waals surface area contributed by atoms with Crippen molar-refractivity contribution in [2.45, 2.75) is 12.8 Å². The monoisotopic (exact) mass is 374 g/mol. The van der Waals surface area contributed by atoms with Crippen LogP contribution >= 0.6 is 24.0 Å². The van der Waals surface area contributed by atoms with Gasteiger partial charge in [-0.1, -0.05) is 18.2 Å². The van der Waals surface area contributed by atoms with Crippen LogP contribution in [-0.2, 0) is 4.79 Å². The number of aliphatic imine (C=N–C) groups is 1. The van der Waals surface area contributed by atoms with E-state index in [1.54, 1.807) is 0 Å². The average Bonchev–Trinajstić information content (AvgIpc) is 2.91. The van der Waals surface area contributed by atoms with Crippen LogP contribution in [0.15, 0.2) is 35.3 Å². The zero-order valence-corrected chi connectivity index (χ0v) is 13.0. The predicted octanol–water partition coefficient (Wildman–Crippen LogP) is 1.65. The number of guanidine groups is 1. The Morgan fingerprint density at radius 1 is 1.26 bits per heavy atom. The minimum absolute atomic E-state index is 0. The number of nitrogens with zero attached hydrogens (tertiary/aromatic N) is 2. The van der Waals surface area contributed by atoms with E-state index in [2.05, 4.69) is 10.3 Å². The fourth-order valence-corrected chi connectivity index (χ4v) is 1.93. The van der Waals surface area contributed by atoms with Crippen LogP contribution in [0.5, 0.6) is 0 Å². The number of anilines is 1. The van der Waals surface area contributed by atoms with Gasteiger partial charge in [0.05, 0.1) is 0 Å². The first-order valence-corrected chi connectivity index (χ1v) is 6.15. The summed E-state index contributed by atoms with van der Waals surface area (Å²) in [6, 6.07) is 9.53. The van der Waals surface area contributed by atoms with Gasteiger partial charge in [-0.2, -0.15) is 0 Å². The lowest BCUT2D eigenvalue weighted by Crippen LogP contribution is -2.31. The summed E-state index contributed by atoms with van der Waals surface area (Å²) in [5, 5.41) is 2.94. The van der Waals surface area contributed by atoms with Crippen molar-refractivity contribution in [3.8, 4) is 0 Å². The highest BCUT2D eigenvalue weighted by Crippen LogP contribution is 2.07. The molecule has 3 N–H and O–H groups in total. The van der Waals surface area contributed by atoms with Crippen LogP contribution in [0.1, 0.15) is 12.8 Å². The summed E-state index contributed by atoms with van der Waals surface area (Å²) >= 11 is 0. The van der Waals surface area contributed by atoms with Crippen molar-refractivity contribution in [2.24, 2.45) is 10.7 Å². The van der Waals surface area contributed by atoms with Gasteiger partial charge in [-0.15, -0.1) is 24.0 Å². The highest BCUT2D eigenvalue weighted by molar-refractivity contribution is 14.0. The van der Waals surface area contributed by atoms with E-state index in [9.17, 15) is 4.79 Å². The molecule has 1 aliphatic rings. The Kier molecular flexibility index (Phi) is 6.61.